The number of nitrogens with two attached hydrogens (primary N) is 1. The Balaban J connectivity index is 0.00000208. The van der Waals surface area contributed by atoms with Crippen LogP contribution in [0.4, 0.5) is 5.69 Å². The van der Waals surface area contributed by atoms with Crippen molar-refractivity contribution >= 4 is 45.8 Å². The first kappa shape index (κ1) is 19.2. The Kier molecular flexibility index (Phi) is 6.66. The number of para-hydroxylation sites is 1. The molecule has 3 atom stereocenters. The molecule has 2 amide bonds. The quantitative estimate of drug-likeness (QED) is 0.740. The molecule has 0 bridgehead atoms. The molecule has 0 spiro atoms. The minimum atomic E-state index is -0.582. The normalized spacial score (nSPS) is 26.3. The van der Waals surface area contributed by atoms with Crippen LogP contribution in [0.25, 0.3) is 0 Å². The van der Waals surface area contributed by atoms with Gasteiger partial charge >= 0.3 is 0 Å². The number of rotatable bonds is 4. The zero-order chi connectivity index (χ0) is 16.4. The van der Waals surface area contributed by atoms with Gasteiger partial charge in [0.15, 0.2) is 0 Å². The van der Waals surface area contributed by atoms with E-state index in [1.54, 1.807) is 4.90 Å². The van der Waals surface area contributed by atoms with E-state index in [9.17, 15) is 9.59 Å². The third-order valence-corrected chi connectivity index (χ3v) is 5.63. The van der Waals surface area contributed by atoms with Crippen molar-refractivity contribution in [2.24, 2.45) is 17.6 Å². The van der Waals surface area contributed by atoms with E-state index in [4.69, 9.17) is 5.73 Å². The van der Waals surface area contributed by atoms with Crippen LogP contribution in [0.3, 0.4) is 0 Å². The van der Waals surface area contributed by atoms with Crippen LogP contribution in [0.5, 0.6) is 0 Å². The van der Waals surface area contributed by atoms with Crippen molar-refractivity contribution < 1.29 is 9.59 Å². The Morgan fingerprint density at radius 1 is 1.29 bits per heavy atom. The second-order valence-electron chi connectivity index (χ2n) is 6.32. The molecule has 1 aromatic carbocycles. The highest BCUT2D eigenvalue weighted by atomic mass is 79.9. The van der Waals surface area contributed by atoms with Crippen LogP contribution in [0.2, 0.25) is 0 Å². The Bertz CT molecular complexity index is 613. The number of carbonyl (C=O) groups is 2. The van der Waals surface area contributed by atoms with Gasteiger partial charge in [0, 0.05) is 17.1 Å². The first-order valence-electron chi connectivity index (χ1n) is 8.18. The number of benzene rings is 1. The molecule has 3 unspecified atom stereocenters. The molecule has 3 N–H and O–H groups in total. The Labute approximate surface area is 156 Å². The lowest BCUT2D eigenvalue weighted by Gasteiger charge is -2.22. The van der Waals surface area contributed by atoms with E-state index in [1.165, 1.54) is 0 Å². The van der Waals surface area contributed by atoms with Crippen LogP contribution in [0, 0.1) is 11.8 Å². The van der Waals surface area contributed by atoms with Gasteiger partial charge in [0.25, 0.3) is 0 Å². The first-order valence-corrected chi connectivity index (χ1v) is 8.97. The van der Waals surface area contributed by atoms with Gasteiger partial charge in [-0.3, -0.25) is 9.59 Å². The average molecular weight is 417 g/mol. The smallest absolute Gasteiger partial charge is 0.239 e. The first-order chi connectivity index (χ1) is 11.1. The third kappa shape index (κ3) is 3.76. The van der Waals surface area contributed by atoms with Crippen LogP contribution in [0.1, 0.15) is 25.7 Å². The Morgan fingerprint density at radius 3 is 2.75 bits per heavy atom. The number of halogens is 2. The lowest BCUT2D eigenvalue weighted by atomic mass is 10.0. The van der Waals surface area contributed by atoms with E-state index in [1.807, 2.05) is 24.3 Å². The van der Waals surface area contributed by atoms with Crippen molar-refractivity contribution in [1.29, 1.82) is 0 Å². The van der Waals surface area contributed by atoms with E-state index < -0.39 is 5.92 Å². The molecule has 0 aromatic heterocycles. The minimum Gasteiger partial charge on any atom is -0.352 e. The standard InChI is InChI=1S/C17H22BrN3O2.ClH/c18-13-5-1-2-7-15(13)21-9-8-12(17(21)23)16(22)20-14-6-3-4-11(14)10-19;/h1-2,5,7,11-12,14H,3-4,6,8-10,19H2,(H,20,22);1H. The van der Waals surface area contributed by atoms with Gasteiger partial charge in [0.05, 0.1) is 5.69 Å². The second-order valence-corrected chi connectivity index (χ2v) is 7.18. The maximum absolute atomic E-state index is 12.6. The number of hydrogen-bond donors (Lipinski definition) is 2. The van der Waals surface area contributed by atoms with Gasteiger partial charge in [-0.15, -0.1) is 12.4 Å². The molecular weight excluding hydrogens is 394 g/mol. The molecule has 24 heavy (non-hydrogen) atoms. The number of nitrogens with one attached hydrogen (secondary N) is 1. The summed E-state index contributed by atoms with van der Waals surface area (Å²) >= 11 is 3.47. The maximum atomic E-state index is 12.6. The molecule has 1 aliphatic carbocycles. The van der Waals surface area contributed by atoms with Gasteiger partial charge in [0.2, 0.25) is 11.8 Å². The summed E-state index contributed by atoms with van der Waals surface area (Å²) in [7, 11) is 0. The van der Waals surface area contributed by atoms with Gasteiger partial charge in [-0.05, 0) is 59.8 Å². The number of anilines is 1. The summed E-state index contributed by atoms with van der Waals surface area (Å²) < 4.78 is 0.869. The highest BCUT2D eigenvalue weighted by Crippen LogP contribution is 2.32. The molecular formula is C17H23BrClN3O2. The lowest BCUT2D eigenvalue weighted by molar-refractivity contribution is -0.132. The van der Waals surface area contributed by atoms with Gasteiger partial charge < -0.3 is 16.0 Å². The van der Waals surface area contributed by atoms with Crippen LogP contribution in [-0.2, 0) is 9.59 Å². The highest BCUT2D eigenvalue weighted by Gasteiger charge is 2.39. The molecule has 5 nitrogen and oxygen atoms in total. The van der Waals surface area contributed by atoms with Crippen molar-refractivity contribution in [2.75, 3.05) is 18.0 Å². The van der Waals surface area contributed by atoms with E-state index >= 15 is 0 Å². The summed E-state index contributed by atoms with van der Waals surface area (Å²) in [5.41, 5.74) is 6.59. The zero-order valence-corrected chi connectivity index (χ0v) is 15.8. The molecule has 132 valence electrons. The number of carbonyl (C=O) groups excluding carboxylic acids is 2. The lowest BCUT2D eigenvalue weighted by Crippen LogP contribution is -2.44. The van der Waals surface area contributed by atoms with Crippen LogP contribution in [0.15, 0.2) is 28.7 Å². The minimum absolute atomic E-state index is 0. The third-order valence-electron chi connectivity index (χ3n) is 4.95. The number of nitrogens with zero attached hydrogens (tertiary/aromatic N) is 1. The highest BCUT2D eigenvalue weighted by molar-refractivity contribution is 9.10. The number of hydrogen-bond acceptors (Lipinski definition) is 3. The summed E-state index contributed by atoms with van der Waals surface area (Å²) in [4.78, 5) is 26.9. The predicted molar refractivity (Wildman–Crippen MR) is 100 cm³/mol. The maximum Gasteiger partial charge on any atom is 0.239 e. The van der Waals surface area contributed by atoms with E-state index in [0.717, 1.165) is 29.4 Å². The van der Waals surface area contributed by atoms with Crippen molar-refractivity contribution in [3.05, 3.63) is 28.7 Å². The topological polar surface area (TPSA) is 75.4 Å². The van der Waals surface area contributed by atoms with E-state index in [-0.39, 0.29) is 30.3 Å². The van der Waals surface area contributed by atoms with Crippen LogP contribution >= 0.6 is 28.3 Å². The molecule has 1 aromatic rings. The molecule has 2 aliphatic rings. The Morgan fingerprint density at radius 2 is 2.04 bits per heavy atom. The van der Waals surface area contributed by atoms with Crippen molar-refractivity contribution in [2.45, 2.75) is 31.7 Å². The van der Waals surface area contributed by atoms with Crippen LogP contribution < -0.4 is 16.0 Å². The van der Waals surface area contributed by atoms with Crippen molar-refractivity contribution in [1.82, 2.24) is 5.32 Å². The van der Waals surface area contributed by atoms with E-state index in [2.05, 4.69) is 21.2 Å². The monoisotopic (exact) mass is 415 g/mol. The summed E-state index contributed by atoms with van der Waals surface area (Å²) in [5.74, 6) is -0.498. The SMILES string of the molecule is Cl.NCC1CCCC1NC(=O)C1CCN(c2ccccc2Br)C1=O. The summed E-state index contributed by atoms with van der Waals surface area (Å²) in [5, 5.41) is 3.06. The second kappa shape index (κ2) is 8.32. The molecule has 1 heterocycles. The number of amides is 2. The fourth-order valence-electron chi connectivity index (χ4n) is 3.63. The zero-order valence-electron chi connectivity index (χ0n) is 13.4. The molecule has 3 rings (SSSR count). The molecule has 0 radical (unpaired) electrons. The van der Waals surface area contributed by atoms with Crippen molar-refractivity contribution in [3.8, 4) is 0 Å². The molecule has 1 saturated carbocycles. The largest absolute Gasteiger partial charge is 0.352 e. The molecule has 1 aliphatic heterocycles. The van der Waals surface area contributed by atoms with E-state index in [0.29, 0.717) is 25.4 Å². The summed E-state index contributed by atoms with van der Waals surface area (Å²) in [6, 6.07) is 7.72. The molecule has 1 saturated heterocycles. The predicted octanol–water partition coefficient (Wildman–Crippen LogP) is 2.47. The van der Waals surface area contributed by atoms with Gasteiger partial charge in [-0.1, -0.05) is 18.6 Å². The Hall–Kier alpha value is -1.11. The van der Waals surface area contributed by atoms with Gasteiger partial charge in [0.1, 0.15) is 5.92 Å². The average Bonchev–Trinajstić information content (AvgIpc) is 3.14. The molecule has 2 fully saturated rings. The fraction of sp³-hybridized carbons (Fsp3) is 0.529. The molecule has 7 heteroatoms. The fourth-order valence-corrected chi connectivity index (χ4v) is 4.12. The van der Waals surface area contributed by atoms with Gasteiger partial charge in [-0.2, -0.15) is 0 Å². The van der Waals surface area contributed by atoms with Crippen LogP contribution in [-0.4, -0.2) is 30.9 Å². The van der Waals surface area contributed by atoms with Gasteiger partial charge in [-0.25, -0.2) is 0 Å². The summed E-state index contributed by atoms with van der Waals surface area (Å²) in [6.07, 6.45) is 3.67. The van der Waals surface area contributed by atoms with Crippen molar-refractivity contribution in [3.63, 3.8) is 0 Å². The summed E-state index contributed by atoms with van der Waals surface area (Å²) in [6.45, 7) is 1.16.